The zero-order valence-corrected chi connectivity index (χ0v) is 14.0. The van der Waals surface area contributed by atoms with E-state index in [1.54, 1.807) is 12.1 Å². The van der Waals surface area contributed by atoms with Gasteiger partial charge in [0.2, 0.25) is 5.91 Å². The lowest BCUT2D eigenvalue weighted by molar-refractivity contribution is -0.137. The SMILES string of the molecule is CCNCC(=O)Nc1cccc(C(=O)Nc2cccc(C(F)(F)F)c2)c1. The van der Waals surface area contributed by atoms with E-state index in [1.165, 1.54) is 24.3 Å². The Labute approximate surface area is 148 Å². The number of carbonyl (C=O) groups is 2. The second-order valence-corrected chi connectivity index (χ2v) is 5.44. The molecule has 3 N–H and O–H groups in total. The van der Waals surface area contributed by atoms with Gasteiger partial charge in [0, 0.05) is 16.9 Å². The van der Waals surface area contributed by atoms with Crippen molar-refractivity contribution in [2.45, 2.75) is 13.1 Å². The maximum absolute atomic E-state index is 12.7. The predicted octanol–water partition coefficient (Wildman–Crippen LogP) is 3.51. The van der Waals surface area contributed by atoms with Crippen molar-refractivity contribution in [2.24, 2.45) is 0 Å². The zero-order chi connectivity index (χ0) is 19.2. The number of rotatable bonds is 6. The molecule has 2 amide bonds. The molecule has 138 valence electrons. The fraction of sp³-hybridized carbons (Fsp3) is 0.222. The lowest BCUT2D eigenvalue weighted by Crippen LogP contribution is -2.27. The molecule has 0 saturated heterocycles. The summed E-state index contributed by atoms with van der Waals surface area (Å²) in [6, 6.07) is 10.5. The molecule has 0 fully saturated rings. The number of hydrogen-bond donors (Lipinski definition) is 3. The first-order valence-corrected chi connectivity index (χ1v) is 7.89. The highest BCUT2D eigenvalue weighted by Gasteiger charge is 2.30. The highest BCUT2D eigenvalue weighted by Crippen LogP contribution is 2.30. The Balaban J connectivity index is 2.08. The van der Waals surface area contributed by atoms with Gasteiger partial charge in [-0.3, -0.25) is 9.59 Å². The van der Waals surface area contributed by atoms with Crippen LogP contribution in [-0.4, -0.2) is 24.9 Å². The van der Waals surface area contributed by atoms with Gasteiger partial charge in [-0.15, -0.1) is 0 Å². The van der Waals surface area contributed by atoms with Crippen molar-refractivity contribution in [2.75, 3.05) is 23.7 Å². The third kappa shape index (κ3) is 5.59. The molecule has 2 aromatic rings. The Morgan fingerprint density at radius 3 is 2.27 bits per heavy atom. The first-order valence-electron chi connectivity index (χ1n) is 7.89. The quantitative estimate of drug-likeness (QED) is 0.734. The molecule has 0 aliphatic carbocycles. The van der Waals surface area contributed by atoms with Crippen molar-refractivity contribution in [1.29, 1.82) is 0 Å². The summed E-state index contributed by atoms with van der Waals surface area (Å²) < 4.78 is 38.2. The molecule has 8 heteroatoms. The van der Waals surface area contributed by atoms with Crippen molar-refractivity contribution in [3.05, 3.63) is 59.7 Å². The topological polar surface area (TPSA) is 70.2 Å². The van der Waals surface area contributed by atoms with E-state index in [-0.39, 0.29) is 23.7 Å². The fourth-order valence-corrected chi connectivity index (χ4v) is 2.16. The van der Waals surface area contributed by atoms with Crippen LogP contribution < -0.4 is 16.0 Å². The van der Waals surface area contributed by atoms with Crippen molar-refractivity contribution < 1.29 is 22.8 Å². The van der Waals surface area contributed by atoms with Gasteiger partial charge < -0.3 is 16.0 Å². The van der Waals surface area contributed by atoms with Crippen LogP contribution in [0.4, 0.5) is 24.5 Å². The lowest BCUT2D eigenvalue weighted by atomic mass is 10.1. The van der Waals surface area contributed by atoms with Crippen molar-refractivity contribution in [3.8, 4) is 0 Å². The number of anilines is 2. The molecule has 0 unspecified atom stereocenters. The molecular weight excluding hydrogens is 347 g/mol. The maximum Gasteiger partial charge on any atom is 0.416 e. The molecule has 0 bridgehead atoms. The minimum absolute atomic E-state index is 0.0337. The molecule has 0 spiro atoms. The van der Waals surface area contributed by atoms with Crippen molar-refractivity contribution >= 4 is 23.2 Å². The molecule has 0 aliphatic heterocycles. The Hall–Kier alpha value is -2.87. The molecule has 0 radical (unpaired) electrons. The molecule has 0 aliphatic rings. The van der Waals surface area contributed by atoms with Crippen LogP contribution in [0.3, 0.4) is 0 Å². The standard InChI is InChI=1S/C18H18F3N3O2/c1-2-22-11-16(25)23-14-7-3-5-12(9-14)17(26)24-15-8-4-6-13(10-15)18(19,20)21/h3-10,22H,2,11H2,1H3,(H,23,25)(H,24,26). The van der Waals surface area contributed by atoms with Crippen LogP contribution in [0.5, 0.6) is 0 Å². The maximum atomic E-state index is 12.7. The predicted molar refractivity (Wildman–Crippen MR) is 93.0 cm³/mol. The van der Waals surface area contributed by atoms with Crippen molar-refractivity contribution in [3.63, 3.8) is 0 Å². The number of nitrogens with one attached hydrogen (secondary N) is 3. The summed E-state index contributed by atoms with van der Waals surface area (Å²) in [5.74, 6) is -0.839. The Kier molecular flexibility index (Phi) is 6.35. The average molecular weight is 365 g/mol. The minimum atomic E-state index is -4.49. The van der Waals surface area contributed by atoms with E-state index in [1.807, 2.05) is 6.92 Å². The molecule has 2 aromatic carbocycles. The zero-order valence-electron chi connectivity index (χ0n) is 14.0. The number of benzene rings is 2. The third-order valence-electron chi connectivity index (χ3n) is 3.39. The largest absolute Gasteiger partial charge is 0.416 e. The smallest absolute Gasteiger partial charge is 0.325 e. The molecule has 26 heavy (non-hydrogen) atoms. The molecule has 0 saturated carbocycles. The van der Waals surface area contributed by atoms with Gasteiger partial charge in [0.15, 0.2) is 0 Å². The highest BCUT2D eigenvalue weighted by molar-refractivity contribution is 6.05. The highest BCUT2D eigenvalue weighted by atomic mass is 19.4. The molecule has 5 nitrogen and oxygen atoms in total. The fourth-order valence-electron chi connectivity index (χ4n) is 2.16. The van der Waals surface area contributed by atoms with Crippen LogP contribution in [0.15, 0.2) is 48.5 Å². The summed E-state index contributed by atoms with van der Waals surface area (Å²) in [6.07, 6.45) is -4.49. The molecule has 2 rings (SSSR count). The van der Waals surface area contributed by atoms with E-state index in [9.17, 15) is 22.8 Å². The molecular formula is C18H18F3N3O2. The summed E-state index contributed by atoms with van der Waals surface area (Å²) in [7, 11) is 0. The van der Waals surface area contributed by atoms with Crippen LogP contribution in [0, 0.1) is 0 Å². The van der Waals surface area contributed by atoms with E-state index in [0.29, 0.717) is 12.2 Å². The van der Waals surface area contributed by atoms with E-state index in [2.05, 4.69) is 16.0 Å². The summed E-state index contributed by atoms with van der Waals surface area (Å²) >= 11 is 0. The second-order valence-electron chi connectivity index (χ2n) is 5.44. The van der Waals surface area contributed by atoms with Gasteiger partial charge in [0.05, 0.1) is 12.1 Å². The monoisotopic (exact) mass is 365 g/mol. The van der Waals surface area contributed by atoms with Crippen LogP contribution in [0.2, 0.25) is 0 Å². The van der Waals surface area contributed by atoms with Crippen molar-refractivity contribution in [1.82, 2.24) is 5.32 Å². The van der Waals surface area contributed by atoms with E-state index in [4.69, 9.17) is 0 Å². The van der Waals surface area contributed by atoms with Gasteiger partial charge in [-0.05, 0) is 42.9 Å². The molecule has 0 aromatic heterocycles. The van der Waals surface area contributed by atoms with Gasteiger partial charge in [0.25, 0.3) is 5.91 Å². The number of carbonyl (C=O) groups excluding carboxylic acids is 2. The van der Waals surface area contributed by atoms with E-state index < -0.39 is 17.6 Å². The average Bonchev–Trinajstić information content (AvgIpc) is 2.59. The van der Waals surface area contributed by atoms with Gasteiger partial charge in [-0.1, -0.05) is 19.1 Å². The number of amides is 2. The number of alkyl halides is 3. The number of hydrogen-bond acceptors (Lipinski definition) is 3. The summed E-state index contributed by atoms with van der Waals surface area (Å²) in [6.45, 7) is 2.65. The number of likely N-dealkylation sites (N-methyl/N-ethyl adjacent to an activating group) is 1. The summed E-state index contributed by atoms with van der Waals surface area (Å²) in [5.41, 5.74) is -0.181. The van der Waals surface area contributed by atoms with Crippen LogP contribution in [-0.2, 0) is 11.0 Å². The Morgan fingerprint density at radius 2 is 1.62 bits per heavy atom. The van der Waals surface area contributed by atoms with Gasteiger partial charge in [0.1, 0.15) is 0 Å². The summed E-state index contributed by atoms with van der Waals surface area (Å²) in [4.78, 5) is 24.0. The number of halogens is 3. The lowest BCUT2D eigenvalue weighted by Gasteiger charge is -2.11. The first kappa shape index (κ1) is 19.5. The van der Waals surface area contributed by atoms with Crippen LogP contribution in [0.1, 0.15) is 22.8 Å². The Morgan fingerprint density at radius 1 is 0.962 bits per heavy atom. The normalized spacial score (nSPS) is 11.1. The molecule has 0 atom stereocenters. The minimum Gasteiger partial charge on any atom is -0.325 e. The Bertz CT molecular complexity index is 791. The van der Waals surface area contributed by atoms with Gasteiger partial charge in [-0.25, -0.2) is 0 Å². The van der Waals surface area contributed by atoms with Crippen LogP contribution in [0.25, 0.3) is 0 Å². The van der Waals surface area contributed by atoms with Gasteiger partial charge in [-0.2, -0.15) is 13.2 Å². The van der Waals surface area contributed by atoms with Crippen LogP contribution >= 0.6 is 0 Å². The van der Waals surface area contributed by atoms with E-state index in [0.717, 1.165) is 12.1 Å². The second kappa shape index (κ2) is 8.48. The van der Waals surface area contributed by atoms with Gasteiger partial charge >= 0.3 is 6.18 Å². The first-order chi connectivity index (χ1) is 12.3. The van der Waals surface area contributed by atoms with E-state index >= 15 is 0 Å². The summed E-state index contributed by atoms with van der Waals surface area (Å²) in [5, 5.41) is 7.93. The third-order valence-corrected chi connectivity index (χ3v) is 3.39. The molecule has 0 heterocycles.